The average molecular weight is 306 g/mol. The van der Waals surface area contributed by atoms with Crippen LogP contribution in [-0.2, 0) is 12.3 Å². The van der Waals surface area contributed by atoms with Crippen LogP contribution in [0.3, 0.4) is 0 Å². The van der Waals surface area contributed by atoms with Gasteiger partial charge < -0.3 is 5.32 Å². The maximum atomic E-state index is 4.49. The molecule has 0 aliphatic rings. The number of thioether (sulfide) groups is 1. The normalized spacial score (nSPS) is 11.2. The first-order chi connectivity index (χ1) is 9.63. The molecule has 1 N–H and O–H groups in total. The topological polar surface area (TPSA) is 24.9 Å². The molecule has 1 aromatic carbocycles. The zero-order chi connectivity index (χ0) is 14.4. The Morgan fingerprint density at radius 1 is 1.25 bits per heavy atom. The fraction of sp³-hybridized carbons (Fsp3) is 0.438. The van der Waals surface area contributed by atoms with E-state index in [-0.39, 0.29) is 0 Å². The first kappa shape index (κ1) is 15.5. The molecule has 0 saturated carbocycles. The van der Waals surface area contributed by atoms with Crippen molar-refractivity contribution in [1.29, 1.82) is 0 Å². The van der Waals surface area contributed by atoms with Crippen molar-refractivity contribution in [3.05, 3.63) is 45.9 Å². The van der Waals surface area contributed by atoms with E-state index in [1.165, 1.54) is 15.5 Å². The summed E-state index contributed by atoms with van der Waals surface area (Å²) >= 11 is 3.60. The van der Waals surface area contributed by atoms with Gasteiger partial charge in [-0.1, -0.05) is 26.0 Å². The Balaban J connectivity index is 1.79. The molecular weight excluding hydrogens is 284 g/mol. The van der Waals surface area contributed by atoms with Crippen LogP contribution < -0.4 is 5.32 Å². The lowest BCUT2D eigenvalue weighted by Gasteiger charge is -2.08. The van der Waals surface area contributed by atoms with Gasteiger partial charge in [0.05, 0.1) is 5.75 Å². The number of hydrogen-bond acceptors (Lipinski definition) is 4. The summed E-state index contributed by atoms with van der Waals surface area (Å²) < 4.78 is 0. The number of aromatic nitrogens is 1. The molecule has 0 radical (unpaired) electrons. The summed E-state index contributed by atoms with van der Waals surface area (Å²) in [5.41, 5.74) is 2.47. The Morgan fingerprint density at radius 2 is 2.00 bits per heavy atom. The molecule has 2 rings (SSSR count). The molecule has 1 heterocycles. The second-order valence-electron chi connectivity index (χ2n) is 5.34. The lowest BCUT2D eigenvalue weighted by atomic mass is 10.2. The maximum absolute atomic E-state index is 4.49. The van der Waals surface area contributed by atoms with E-state index in [0.29, 0.717) is 5.92 Å². The molecule has 2 aromatic rings. The number of nitrogens with one attached hydrogen (secondary N) is 1. The second kappa shape index (κ2) is 7.81. The van der Waals surface area contributed by atoms with E-state index in [0.717, 1.165) is 24.5 Å². The molecular formula is C16H22N2S2. The van der Waals surface area contributed by atoms with Crippen LogP contribution in [0, 0.1) is 12.8 Å². The van der Waals surface area contributed by atoms with Crippen LogP contribution in [0.15, 0.2) is 34.5 Å². The molecule has 0 unspecified atom stereocenters. The van der Waals surface area contributed by atoms with Gasteiger partial charge in [-0.2, -0.15) is 0 Å². The Labute approximate surface area is 130 Å². The molecule has 0 aliphatic carbocycles. The third-order valence-electron chi connectivity index (χ3n) is 2.83. The van der Waals surface area contributed by atoms with Gasteiger partial charge in [-0.05, 0) is 37.1 Å². The van der Waals surface area contributed by atoms with Crippen molar-refractivity contribution in [2.24, 2.45) is 5.92 Å². The predicted octanol–water partition coefficient (Wildman–Crippen LogP) is 4.49. The number of thiazole rings is 1. The smallest absolute Gasteiger partial charge is 0.103 e. The monoisotopic (exact) mass is 306 g/mol. The van der Waals surface area contributed by atoms with Gasteiger partial charge in [0, 0.05) is 22.5 Å². The van der Waals surface area contributed by atoms with E-state index in [1.54, 1.807) is 11.3 Å². The van der Waals surface area contributed by atoms with Crippen molar-refractivity contribution in [2.45, 2.75) is 38.0 Å². The fourth-order valence-corrected chi connectivity index (χ4v) is 3.51. The molecule has 0 saturated heterocycles. The third kappa shape index (κ3) is 5.27. The molecule has 20 heavy (non-hydrogen) atoms. The maximum Gasteiger partial charge on any atom is 0.103 e. The number of nitrogens with zero attached hydrogens (tertiary/aromatic N) is 1. The largest absolute Gasteiger partial charge is 0.312 e. The van der Waals surface area contributed by atoms with E-state index >= 15 is 0 Å². The summed E-state index contributed by atoms with van der Waals surface area (Å²) in [4.78, 5) is 5.80. The van der Waals surface area contributed by atoms with Crippen molar-refractivity contribution >= 4 is 23.1 Å². The third-order valence-corrected chi connectivity index (χ3v) is 5.01. The molecule has 4 heteroatoms. The van der Waals surface area contributed by atoms with Crippen molar-refractivity contribution in [1.82, 2.24) is 10.3 Å². The molecule has 0 atom stereocenters. The summed E-state index contributed by atoms with van der Waals surface area (Å²) in [5, 5.41) is 6.78. The van der Waals surface area contributed by atoms with E-state index < -0.39 is 0 Å². The van der Waals surface area contributed by atoms with Gasteiger partial charge in [0.2, 0.25) is 0 Å². The number of aryl methyl sites for hydroxylation is 1. The summed E-state index contributed by atoms with van der Waals surface area (Å²) in [6, 6.07) is 8.83. The fourth-order valence-electron chi connectivity index (χ4n) is 1.82. The van der Waals surface area contributed by atoms with Gasteiger partial charge in [0.15, 0.2) is 0 Å². The average Bonchev–Trinajstić information content (AvgIpc) is 2.83. The van der Waals surface area contributed by atoms with Crippen LogP contribution >= 0.6 is 23.1 Å². The van der Waals surface area contributed by atoms with Gasteiger partial charge in [-0.25, -0.2) is 4.98 Å². The van der Waals surface area contributed by atoms with E-state index in [4.69, 9.17) is 0 Å². The summed E-state index contributed by atoms with van der Waals surface area (Å²) in [7, 11) is 0. The van der Waals surface area contributed by atoms with Crippen LogP contribution in [-0.4, -0.2) is 11.5 Å². The zero-order valence-electron chi connectivity index (χ0n) is 12.3. The SMILES string of the molecule is Cc1csc(CSc2ccc(CNCC(C)C)cc2)n1. The highest BCUT2D eigenvalue weighted by molar-refractivity contribution is 7.98. The number of benzene rings is 1. The van der Waals surface area contributed by atoms with Gasteiger partial charge in [0.25, 0.3) is 0 Å². The molecule has 0 amide bonds. The highest BCUT2D eigenvalue weighted by atomic mass is 32.2. The number of hydrogen-bond donors (Lipinski definition) is 1. The van der Waals surface area contributed by atoms with Crippen molar-refractivity contribution in [3.8, 4) is 0 Å². The molecule has 0 bridgehead atoms. The van der Waals surface area contributed by atoms with E-state index in [2.05, 4.69) is 53.8 Å². The Hall–Kier alpha value is -0.840. The minimum Gasteiger partial charge on any atom is -0.312 e. The Bertz CT molecular complexity index is 518. The predicted molar refractivity (Wildman–Crippen MR) is 89.4 cm³/mol. The molecule has 108 valence electrons. The van der Waals surface area contributed by atoms with Crippen LogP contribution in [0.1, 0.15) is 30.1 Å². The van der Waals surface area contributed by atoms with Crippen LogP contribution in [0.5, 0.6) is 0 Å². The van der Waals surface area contributed by atoms with Crippen LogP contribution in [0.2, 0.25) is 0 Å². The molecule has 0 spiro atoms. The van der Waals surface area contributed by atoms with Crippen molar-refractivity contribution < 1.29 is 0 Å². The van der Waals surface area contributed by atoms with Crippen LogP contribution in [0.25, 0.3) is 0 Å². The molecule has 1 aromatic heterocycles. The van der Waals surface area contributed by atoms with Crippen molar-refractivity contribution in [2.75, 3.05) is 6.54 Å². The Morgan fingerprint density at radius 3 is 2.60 bits per heavy atom. The minimum atomic E-state index is 0.701. The van der Waals surface area contributed by atoms with Gasteiger partial charge in [0.1, 0.15) is 5.01 Å². The van der Waals surface area contributed by atoms with E-state index in [9.17, 15) is 0 Å². The Kier molecular flexibility index (Phi) is 6.07. The lowest BCUT2D eigenvalue weighted by molar-refractivity contribution is 0.552. The summed E-state index contributed by atoms with van der Waals surface area (Å²) in [5.74, 6) is 1.66. The minimum absolute atomic E-state index is 0.701. The second-order valence-corrected chi connectivity index (χ2v) is 7.33. The zero-order valence-corrected chi connectivity index (χ0v) is 14.0. The molecule has 0 aliphatic heterocycles. The first-order valence-corrected chi connectivity index (χ1v) is 8.83. The van der Waals surface area contributed by atoms with Crippen molar-refractivity contribution in [3.63, 3.8) is 0 Å². The van der Waals surface area contributed by atoms with Crippen LogP contribution in [0.4, 0.5) is 0 Å². The van der Waals surface area contributed by atoms with Gasteiger partial charge in [-0.15, -0.1) is 23.1 Å². The quantitative estimate of drug-likeness (QED) is 0.763. The molecule has 0 fully saturated rings. The standard InChI is InChI=1S/C16H22N2S2/c1-12(2)8-17-9-14-4-6-15(7-5-14)19-11-16-18-13(3)10-20-16/h4-7,10,12,17H,8-9,11H2,1-3H3. The van der Waals surface area contributed by atoms with Gasteiger partial charge in [-0.3, -0.25) is 0 Å². The summed E-state index contributed by atoms with van der Waals surface area (Å²) in [6.07, 6.45) is 0. The van der Waals surface area contributed by atoms with E-state index in [1.807, 2.05) is 18.7 Å². The highest BCUT2D eigenvalue weighted by Gasteiger charge is 2.01. The first-order valence-electron chi connectivity index (χ1n) is 6.97. The highest BCUT2D eigenvalue weighted by Crippen LogP contribution is 2.24. The van der Waals surface area contributed by atoms with Gasteiger partial charge >= 0.3 is 0 Å². The molecule has 2 nitrogen and oxygen atoms in total. The summed E-state index contributed by atoms with van der Waals surface area (Å²) in [6.45, 7) is 8.53. The lowest BCUT2D eigenvalue weighted by Crippen LogP contribution is -2.18. The number of rotatable bonds is 7.